The summed E-state index contributed by atoms with van der Waals surface area (Å²) in [5, 5.41) is 11.2. The van der Waals surface area contributed by atoms with Gasteiger partial charge in [0.25, 0.3) is 11.2 Å². The number of nitro groups is 1. The number of rotatable bonds is 2. The van der Waals surface area contributed by atoms with Gasteiger partial charge >= 0.3 is 0 Å². The van der Waals surface area contributed by atoms with Crippen molar-refractivity contribution in [2.24, 2.45) is 0 Å². The number of carbonyl (C=O) groups excluding carboxylic acids is 1. The van der Waals surface area contributed by atoms with Crippen LogP contribution in [0.25, 0.3) is 10.8 Å². The van der Waals surface area contributed by atoms with E-state index in [0.29, 0.717) is 16.1 Å². The molecule has 0 unspecified atom stereocenters. The number of nitrogens with one attached hydrogen (secondary N) is 1. The summed E-state index contributed by atoms with van der Waals surface area (Å²) in [6, 6.07) is 3.88. The van der Waals surface area contributed by atoms with Gasteiger partial charge in [-0.25, -0.2) is 0 Å². The standard InChI is InChI=1S/C10H5BrN2O4/c11-9-6-2-1-5(13(16)17)3-7(6)10(15)12-8(9)4-14/h1-4H,(H,12,15). The molecule has 1 aromatic heterocycles. The molecule has 1 heterocycles. The minimum atomic E-state index is -0.583. The van der Waals surface area contributed by atoms with E-state index in [0.717, 1.165) is 0 Å². The zero-order chi connectivity index (χ0) is 12.6. The largest absolute Gasteiger partial charge is 0.318 e. The van der Waals surface area contributed by atoms with Crippen molar-refractivity contribution < 1.29 is 9.72 Å². The Balaban J connectivity index is 2.90. The van der Waals surface area contributed by atoms with Gasteiger partial charge in [-0.2, -0.15) is 0 Å². The summed E-state index contributed by atoms with van der Waals surface area (Å²) in [6.07, 6.45) is 0.506. The SMILES string of the molecule is O=Cc1[nH]c(=O)c2cc([N+](=O)[O-])ccc2c1Br. The van der Waals surface area contributed by atoms with E-state index in [2.05, 4.69) is 20.9 Å². The predicted molar refractivity (Wildman–Crippen MR) is 64.3 cm³/mol. The topological polar surface area (TPSA) is 93.1 Å². The quantitative estimate of drug-likeness (QED) is 0.521. The number of aromatic nitrogens is 1. The van der Waals surface area contributed by atoms with Crippen molar-refractivity contribution in [1.82, 2.24) is 4.98 Å². The van der Waals surface area contributed by atoms with Crippen LogP contribution in [0.15, 0.2) is 27.5 Å². The van der Waals surface area contributed by atoms with Crippen LogP contribution < -0.4 is 5.56 Å². The zero-order valence-electron chi connectivity index (χ0n) is 8.27. The molecule has 6 nitrogen and oxygen atoms in total. The second-order valence-electron chi connectivity index (χ2n) is 3.29. The Kier molecular flexibility index (Phi) is 2.76. The molecule has 7 heteroatoms. The van der Waals surface area contributed by atoms with Crippen LogP contribution in [0, 0.1) is 10.1 Å². The summed E-state index contributed by atoms with van der Waals surface area (Å²) >= 11 is 3.17. The third-order valence-corrected chi connectivity index (χ3v) is 3.15. The number of fused-ring (bicyclic) bond motifs is 1. The number of aldehydes is 1. The van der Waals surface area contributed by atoms with E-state index in [1.165, 1.54) is 18.2 Å². The molecule has 1 aromatic carbocycles. The van der Waals surface area contributed by atoms with Crippen molar-refractivity contribution in [3.05, 3.63) is 48.8 Å². The fourth-order valence-corrected chi connectivity index (χ4v) is 2.03. The molecule has 0 aliphatic carbocycles. The summed E-state index contributed by atoms with van der Waals surface area (Å²) in [4.78, 5) is 34.7. The van der Waals surface area contributed by atoms with E-state index in [1.807, 2.05) is 0 Å². The second-order valence-corrected chi connectivity index (χ2v) is 4.08. The molecule has 0 aliphatic rings. The van der Waals surface area contributed by atoms with Gasteiger partial charge in [0.1, 0.15) is 0 Å². The third-order valence-electron chi connectivity index (χ3n) is 2.30. The molecule has 0 radical (unpaired) electrons. The number of H-pyrrole nitrogens is 1. The first-order chi connectivity index (χ1) is 8.04. The van der Waals surface area contributed by atoms with Gasteiger partial charge in [0.15, 0.2) is 6.29 Å². The number of carbonyl (C=O) groups is 1. The highest BCUT2D eigenvalue weighted by molar-refractivity contribution is 9.10. The molecule has 0 saturated heterocycles. The predicted octanol–water partition coefficient (Wildman–Crippen LogP) is 2.01. The molecule has 2 rings (SSSR count). The summed E-state index contributed by atoms with van der Waals surface area (Å²) in [6.45, 7) is 0. The van der Waals surface area contributed by atoms with Gasteiger partial charge in [-0.15, -0.1) is 0 Å². The third kappa shape index (κ3) is 1.84. The molecule has 0 bridgehead atoms. The maximum absolute atomic E-state index is 11.6. The number of hydrogen-bond donors (Lipinski definition) is 1. The summed E-state index contributed by atoms with van der Waals surface area (Å²) < 4.78 is 0.414. The van der Waals surface area contributed by atoms with Crippen molar-refractivity contribution in [3.8, 4) is 0 Å². The first-order valence-electron chi connectivity index (χ1n) is 4.49. The number of halogens is 1. The van der Waals surface area contributed by atoms with Gasteiger partial charge in [-0.05, 0) is 22.0 Å². The van der Waals surface area contributed by atoms with Crippen LogP contribution in [-0.4, -0.2) is 16.2 Å². The van der Waals surface area contributed by atoms with Crippen molar-refractivity contribution >= 4 is 38.7 Å². The Bertz CT molecular complexity index is 693. The summed E-state index contributed by atoms with van der Waals surface area (Å²) in [5.74, 6) is 0. The highest BCUT2D eigenvalue weighted by Gasteiger charge is 2.13. The zero-order valence-corrected chi connectivity index (χ0v) is 9.85. The Morgan fingerprint density at radius 3 is 2.65 bits per heavy atom. The Labute approximate surface area is 103 Å². The lowest BCUT2D eigenvalue weighted by atomic mass is 10.1. The van der Waals surface area contributed by atoms with Gasteiger partial charge in [-0.3, -0.25) is 19.7 Å². The van der Waals surface area contributed by atoms with Crippen LogP contribution in [0.1, 0.15) is 10.5 Å². The lowest BCUT2D eigenvalue weighted by molar-refractivity contribution is -0.384. The van der Waals surface area contributed by atoms with Crippen molar-refractivity contribution in [1.29, 1.82) is 0 Å². The average Bonchev–Trinajstić information content (AvgIpc) is 2.33. The van der Waals surface area contributed by atoms with Crippen LogP contribution in [0.4, 0.5) is 5.69 Å². The van der Waals surface area contributed by atoms with E-state index in [-0.39, 0.29) is 16.8 Å². The van der Waals surface area contributed by atoms with Crippen LogP contribution in [0.5, 0.6) is 0 Å². The summed E-state index contributed by atoms with van der Waals surface area (Å²) in [7, 11) is 0. The van der Waals surface area contributed by atoms with E-state index < -0.39 is 10.5 Å². The Morgan fingerprint density at radius 1 is 1.35 bits per heavy atom. The van der Waals surface area contributed by atoms with Crippen LogP contribution in [0.2, 0.25) is 0 Å². The van der Waals surface area contributed by atoms with Gasteiger partial charge < -0.3 is 4.98 Å². The maximum atomic E-state index is 11.6. The van der Waals surface area contributed by atoms with Gasteiger partial charge in [-0.1, -0.05) is 0 Å². The van der Waals surface area contributed by atoms with Crippen molar-refractivity contribution in [3.63, 3.8) is 0 Å². The molecule has 0 aliphatic heterocycles. The molecule has 0 amide bonds. The minimum absolute atomic E-state index is 0.108. The van der Waals surface area contributed by atoms with E-state index in [1.54, 1.807) is 0 Å². The van der Waals surface area contributed by atoms with Gasteiger partial charge in [0, 0.05) is 17.5 Å². The monoisotopic (exact) mass is 296 g/mol. The molecule has 0 fully saturated rings. The van der Waals surface area contributed by atoms with Crippen molar-refractivity contribution in [2.75, 3.05) is 0 Å². The van der Waals surface area contributed by atoms with Crippen LogP contribution in [-0.2, 0) is 0 Å². The van der Waals surface area contributed by atoms with Crippen molar-refractivity contribution in [2.45, 2.75) is 0 Å². The number of nitro benzene ring substituents is 1. The lowest BCUT2D eigenvalue weighted by Crippen LogP contribution is -2.10. The maximum Gasteiger partial charge on any atom is 0.270 e. The highest BCUT2D eigenvalue weighted by Crippen LogP contribution is 2.26. The first kappa shape index (κ1) is 11.5. The Hall–Kier alpha value is -2.02. The number of benzene rings is 1. The normalized spacial score (nSPS) is 10.4. The number of aromatic amines is 1. The minimum Gasteiger partial charge on any atom is -0.318 e. The second kappa shape index (κ2) is 4.10. The highest BCUT2D eigenvalue weighted by atomic mass is 79.9. The fraction of sp³-hybridized carbons (Fsp3) is 0. The number of non-ortho nitro benzene ring substituents is 1. The lowest BCUT2D eigenvalue weighted by Gasteiger charge is -2.02. The van der Waals surface area contributed by atoms with Gasteiger partial charge in [0.2, 0.25) is 0 Å². The molecule has 2 aromatic rings. The molecule has 17 heavy (non-hydrogen) atoms. The smallest absolute Gasteiger partial charge is 0.270 e. The fourth-order valence-electron chi connectivity index (χ4n) is 1.50. The summed E-state index contributed by atoms with van der Waals surface area (Å²) in [5.41, 5.74) is -0.598. The number of nitrogens with zero attached hydrogens (tertiary/aromatic N) is 1. The van der Waals surface area contributed by atoms with Crippen LogP contribution >= 0.6 is 15.9 Å². The van der Waals surface area contributed by atoms with Crippen LogP contribution in [0.3, 0.4) is 0 Å². The first-order valence-corrected chi connectivity index (χ1v) is 5.29. The van der Waals surface area contributed by atoms with Gasteiger partial charge in [0.05, 0.1) is 20.5 Å². The molecule has 0 saturated carbocycles. The molecule has 0 atom stereocenters. The molecule has 0 spiro atoms. The van der Waals surface area contributed by atoms with E-state index in [4.69, 9.17) is 0 Å². The molecule has 86 valence electrons. The molecular formula is C10H5BrN2O4. The molecule has 1 N–H and O–H groups in total. The van der Waals surface area contributed by atoms with E-state index >= 15 is 0 Å². The average molecular weight is 297 g/mol. The number of hydrogen-bond acceptors (Lipinski definition) is 4. The Morgan fingerprint density at radius 2 is 2.06 bits per heavy atom. The number of pyridine rings is 1. The van der Waals surface area contributed by atoms with E-state index in [9.17, 15) is 19.7 Å². The molecular weight excluding hydrogens is 292 g/mol.